The maximum Gasteiger partial charge on any atom is 0.490 e. The van der Waals surface area contributed by atoms with Crippen LogP contribution in [-0.4, -0.2) is 57.4 Å². The van der Waals surface area contributed by atoms with Gasteiger partial charge in [-0.15, -0.1) is 0 Å². The number of aromatic amines is 1. The maximum absolute atomic E-state index is 11.8. The van der Waals surface area contributed by atoms with Gasteiger partial charge in [0.15, 0.2) is 11.2 Å². The summed E-state index contributed by atoms with van der Waals surface area (Å²) in [6.45, 7) is -1.25. The summed E-state index contributed by atoms with van der Waals surface area (Å²) >= 11 is 0. The lowest BCUT2D eigenvalue weighted by Crippen LogP contribution is -2.15. The number of nitrogens with zero attached hydrogens (tertiary/aromatic N) is 3. The topological polar surface area (TPSA) is 270 Å². The highest BCUT2D eigenvalue weighted by Gasteiger charge is 2.51. The van der Waals surface area contributed by atoms with Gasteiger partial charge in [-0.05, 0) is 12.0 Å². The first-order valence-electron chi connectivity index (χ1n) is 7.98. The molecule has 1 fully saturated rings. The Morgan fingerprint density at radius 3 is 2.52 bits per heavy atom. The lowest BCUT2D eigenvalue weighted by molar-refractivity contribution is 0.119. The second-order valence-corrected chi connectivity index (χ2v) is 10.8. The Morgan fingerprint density at radius 1 is 1.23 bits per heavy atom. The zero-order valence-electron chi connectivity index (χ0n) is 15.1. The molecule has 2 heterocycles. The van der Waals surface area contributed by atoms with E-state index in [1.807, 2.05) is 0 Å². The van der Waals surface area contributed by atoms with E-state index in [4.69, 9.17) is 20.4 Å². The van der Waals surface area contributed by atoms with Gasteiger partial charge < -0.3 is 30.4 Å². The summed E-state index contributed by atoms with van der Waals surface area (Å²) in [5.74, 6) is -0.158. The summed E-state index contributed by atoms with van der Waals surface area (Å²) in [4.78, 5) is 57.6. The second kappa shape index (κ2) is 7.99. The lowest BCUT2D eigenvalue weighted by Gasteiger charge is -2.18. The number of aliphatic hydroxyl groups is 1. The molecule has 20 heteroatoms. The third-order valence-electron chi connectivity index (χ3n) is 4.05. The number of aromatic nitrogens is 4. The predicted octanol–water partition coefficient (Wildman–Crippen LogP) is -0.732. The van der Waals surface area contributed by atoms with Crippen molar-refractivity contribution in [1.29, 1.82) is 0 Å². The molecule has 3 atom stereocenters. The van der Waals surface area contributed by atoms with Crippen molar-refractivity contribution in [1.82, 2.24) is 19.5 Å². The van der Waals surface area contributed by atoms with Crippen molar-refractivity contribution in [3.8, 4) is 0 Å². The van der Waals surface area contributed by atoms with E-state index in [1.54, 1.807) is 0 Å². The van der Waals surface area contributed by atoms with Crippen molar-refractivity contribution >= 4 is 46.8 Å². The van der Waals surface area contributed by atoms with Crippen LogP contribution in [0.5, 0.6) is 0 Å². The summed E-state index contributed by atoms with van der Waals surface area (Å²) in [6, 6.07) is 0. The molecular weight excluding hydrogens is 487 g/mol. The summed E-state index contributed by atoms with van der Waals surface area (Å²) < 4.78 is 47.0. The van der Waals surface area contributed by atoms with Crippen molar-refractivity contribution in [2.24, 2.45) is 5.41 Å². The van der Waals surface area contributed by atoms with Gasteiger partial charge in [0, 0.05) is 11.6 Å². The Bertz CT molecular complexity index is 1250. The fourth-order valence-electron chi connectivity index (χ4n) is 2.56. The number of phosphoric acid groups is 3. The van der Waals surface area contributed by atoms with Crippen LogP contribution in [0.2, 0.25) is 0 Å². The molecule has 1 aliphatic carbocycles. The molecule has 8 N–H and O–H groups in total. The normalized spacial score (nSPS) is 24.2. The largest absolute Gasteiger partial charge is 0.490 e. The van der Waals surface area contributed by atoms with Crippen molar-refractivity contribution in [2.45, 2.75) is 6.42 Å². The minimum Gasteiger partial charge on any atom is -0.395 e. The van der Waals surface area contributed by atoms with Crippen LogP contribution in [0.4, 0.5) is 5.95 Å². The first-order valence-corrected chi connectivity index (χ1v) is 12.5. The zero-order chi connectivity index (χ0) is 23.2. The number of hydrogen-bond acceptors (Lipinski definition) is 11. The SMILES string of the molecule is Nc1nc2c(ncn2/C=C2/C[C@]2(CO)COP(=O)(O)OP(=O)(O)OP(=O)(O)O)c(=O)[nH]1. The quantitative estimate of drug-likeness (QED) is 0.208. The monoisotopic (exact) mass is 503 g/mol. The Kier molecular flexibility index (Phi) is 6.17. The van der Waals surface area contributed by atoms with Gasteiger partial charge in [0.25, 0.3) is 5.56 Å². The van der Waals surface area contributed by atoms with E-state index in [9.17, 15) is 28.5 Å². The Hall–Kier alpha value is -1.74. The van der Waals surface area contributed by atoms with Gasteiger partial charge in [-0.2, -0.15) is 13.6 Å². The molecule has 0 aliphatic heterocycles. The second-order valence-electron chi connectivity index (χ2n) is 6.41. The number of nitrogens with one attached hydrogen (secondary N) is 1. The van der Waals surface area contributed by atoms with Crippen molar-refractivity contribution < 1.29 is 51.5 Å². The van der Waals surface area contributed by atoms with Gasteiger partial charge in [0.1, 0.15) is 6.33 Å². The molecule has 3 rings (SSSR count). The van der Waals surface area contributed by atoms with Crippen molar-refractivity contribution in [3.63, 3.8) is 0 Å². The van der Waals surface area contributed by atoms with Crippen LogP contribution in [0.15, 0.2) is 16.7 Å². The summed E-state index contributed by atoms with van der Waals surface area (Å²) in [5, 5.41) is 9.66. The summed E-state index contributed by atoms with van der Waals surface area (Å²) in [5.41, 5.74) is 4.31. The van der Waals surface area contributed by atoms with E-state index in [0.717, 1.165) is 0 Å². The van der Waals surface area contributed by atoms with Gasteiger partial charge in [-0.25, -0.2) is 18.7 Å². The molecule has 2 aromatic rings. The number of anilines is 1. The van der Waals surface area contributed by atoms with Crippen LogP contribution in [0.3, 0.4) is 0 Å². The lowest BCUT2D eigenvalue weighted by atomic mass is 10.1. The molecule has 1 saturated carbocycles. The first-order chi connectivity index (χ1) is 14.2. The average molecular weight is 503 g/mol. The molecule has 17 nitrogen and oxygen atoms in total. The van der Waals surface area contributed by atoms with Gasteiger partial charge in [-0.3, -0.25) is 18.9 Å². The van der Waals surface area contributed by atoms with Crippen molar-refractivity contribution in [3.05, 3.63) is 22.3 Å². The number of nitrogen functional groups attached to an aromatic ring is 1. The molecule has 2 aromatic heterocycles. The van der Waals surface area contributed by atoms with Gasteiger partial charge in [0.2, 0.25) is 5.95 Å². The molecule has 2 unspecified atom stereocenters. The zero-order valence-corrected chi connectivity index (χ0v) is 17.8. The number of imidazole rings is 1. The number of rotatable bonds is 9. The van der Waals surface area contributed by atoms with Crippen LogP contribution in [0.25, 0.3) is 17.4 Å². The Balaban J connectivity index is 1.74. The number of hydrogen-bond donors (Lipinski definition) is 7. The minimum atomic E-state index is -5.65. The fourth-order valence-corrected chi connectivity index (χ4v) is 5.67. The molecule has 31 heavy (non-hydrogen) atoms. The number of H-pyrrole nitrogens is 1. The molecule has 0 spiro atoms. The number of nitrogens with two attached hydrogens (primary N) is 1. The molecule has 0 amide bonds. The fraction of sp³-hybridized carbons (Fsp3) is 0.364. The average Bonchev–Trinajstić information content (AvgIpc) is 3.12. The molecule has 0 saturated heterocycles. The van der Waals surface area contributed by atoms with Crippen LogP contribution in [-0.2, 0) is 26.8 Å². The number of phosphoric ester groups is 1. The van der Waals surface area contributed by atoms with E-state index in [2.05, 4.69) is 28.1 Å². The van der Waals surface area contributed by atoms with Gasteiger partial charge >= 0.3 is 23.5 Å². The Labute approximate surface area is 171 Å². The smallest absolute Gasteiger partial charge is 0.395 e. The van der Waals surface area contributed by atoms with Crippen molar-refractivity contribution in [2.75, 3.05) is 18.9 Å². The van der Waals surface area contributed by atoms with Gasteiger partial charge in [-0.1, -0.05) is 0 Å². The molecule has 172 valence electrons. The first kappa shape index (κ1) is 23.9. The van der Waals surface area contributed by atoms with E-state index in [1.165, 1.54) is 17.1 Å². The molecule has 0 radical (unpaired) electrons. The highest BCUT2D eigenvalue weighted by Crippen LogP contribution is 2.67. The molecule has 1 aliphatic rings. The molecule has 0 aromatic carbocycles. The maximum atomic E-state index is 11.8. The third kappa shape index (κ3) is 5.74. The van der Waals surface area contributed by atoms with Gasteiger partial charge in [0.05, 0.1) is 13.2 Å². The molecular formula is C11H16N5O12P3. The predicted molar refractivity (Wildman–Crippen MR) is 101 cm³/mol. The van der Waals surface area contributed by atoms with E-state index >= 15 is 0 Å². The highest BCUT2D eigenvalue weighted by atomic mass is 31.3. The highest BCUT2D eigenvalue weighted by molar-refractivity contribution is 7.66. The van der Waals surface area contributed by atoms with Crippen LogP contribution >= 0.6 is 23.5 Å². The van der Waals surface area contributed by atoms with E-state index in [0.29, 0.717) is 5.57 Å². The summed E-state index contributed by atoms with van der Waals surface area (Å²) in [6.07, 6.45) is 2.83. The van der Waals surface area contributed by atoms with Crippen LogP contribution < -0.4 is 11.3 Å². The van der Waals surface area contributed by atoms with E-state index in [-0.39, 0.29) is 23.5 Å². The van der Waals surface area contributed by atoms with Crippen LogP contribution in [0.1, 0.15) is 6.42 Å². The minimum absolute atomic E-state index is 0.00504. The van der Waals surface area contributed by atoms with E-state index < -0.39 is 47.7 Å². The number of aliphatic hydroxyl groups excluding tert-OH is 1. The third-order valence-corrected chi connectivity index (χ3v) is 7.84. The Morgan fingerprint density at radius 2 is 1.90 bits per heavy atom. The molecule has 0 bridgehead atoms. The standard InChI is InChI=1S/C11H16N5O12P3/c12-10-14-8-7(9(18)15-10)13-5-16(8)2-6-1-11(6,3-17)4-26-30(22,23)28-31(24,25)27-29(19,20)21/h2,5,17H,1,3-4H2,(H,22,23)(H,24,25)(H2,19,20,21)(H3,12,14,15,18)/b6-2-/t11-/m0/s1. The summed E-state index contributed by atoms with van der Waals surface area (Å²) in [7, 11) is -16.5. The van der Waals surface area contributed by atoms with Crippen LogP contribution in [0, 0.1) is 5.41 Å². The number of fused-ring (bicyclic) bond motifs is 1.